The highest BCUT2D eigenvalue weighted by Gasteiger charge is 2.43. The van der Waals surface area contributed by atoms with Gasteiger partial charge in [-0.25, -0.2) is 0 Å². The predicted octanol–water partition coefficient (Wildman–Crippen LogP) is 1.50. The summed E-state index contributed by atoms with van der Waals surface area (Å²) in [5.41, 5.74) is 0. The number of rotatable bonds is 5. The minimum atomic E-state index is -2.65. The molecule has 1 atom stereocenters. The molecule has 0 radical (unpaired) electrons. The molecule has 0 bridgehead atoms. The van der Waals surface area contributed by atoms with Gasteiger partial charge in [0.1, 0.15) is 0 Å². The van der Waals surface area contributed by atoms with Crippen molar-refractivity contribution in [2.45, 2.75) is 20.3 Å². The van der Waals surface area contributed by atoms with Gasteiger partial charge in [-0.15, -0.1) is 0 Å². The van der Waals surface area contributed by atoms with E-state index in [-0.39, 0.29) is 24.7 Å². The first kappa shape index (κ1) is 15.3. The van der Waals surface area contributed by atoms with Gasteiger partial charge in [-0.3, -0.25) is 18.7 Å². The van der Waals surface area contributed by atoms with Gasteiger partial charge in [-0.1, -0.05) is 0 Å². The van der Waals surface area contributed by atoms with Crippen molar-refractivity contribution in [2.24, 2.45) is 11.8 Å². The molecule has 0 amide bonds. The summed E-state index contributed by atoms with van der Waals surface area (Å²) in [6.45, 7) is 3.67. The van der Waals surface area contributed by atoms with E-state index >= 15 is 0 Å². The summed E-state index contributed by atoms with van der Waals surface area (Å²) >= 11 is 0. The lowest BCUT2D eigenvalue weighted by Crippen LogP contribution is -2.35. The average molecular weight is 280 g/mol. The smallest absolute Gasteiger partial charge is 0.320 e. The number of hydrogen-bond acceptors (Lipinski definition) is 6. The second-order valence-corrected chi connectivity index (χ2v) is 6.55. The third kappa shape index (κ3) is 3.86. The first-order valence-electron chi connectivity index (χ1n) is 5.98. The van der Waals surface area contributed by atoms with Gasteiger partial charge >= 0.3 is 11.9 Å². The van der Waals surface area contributed by atoms with Gasteiger partial charge in [-0.05, 0) is 20.3 Å². The van der Waals surface area contributed by atoms with Gasteiger partial charge in [0.2, 0.25) is 0 Å². The molecule has 1 aliphatic heterocycles. The van der Waals surface area contributed by atoms with Crippen LogP contribution in [0.25, 0.3) is 0 Å². The van der Waals surface area contributed by atoms with Crippen molar-refractivity contribution in [2.75, 3.05) is 24.7 Å². The highest BCUT2D eigenvalue weighted by atomic mass is 32.3. The van der Waals surface area contributed by atoms with Gasteiger partial charge in [0.05, 0.1) is 13.2 Å². The van der Waals surface area contributed by atoms with E-state index in [4.69, 9.17) is 9.47 Å². The van der Waals surface area contributed by atoms with Crippen molar-refractivity contribution in [3.8, 4) is 0 Å². The van der Waals surface area contributed by atoms with Crippen LogP contribution in [0.15, 0.2) is 0 Å². The fourth-order valence-electron chi connectivity index (χ4n) is 2.06. The van der Waals surface area contributed by atoms with Crippen LogP contribution in [0.2, 0.25) is 0 Å². The molecule has 1 heterocycles. The molecule has 0 saturated carbocycles. The van der Waals surface area contributed by atoms with Gasteiger partial charge in [0.25, 0.3) is 0 Å². The maximum Gasteiger partial charge on any atom is 0.320 e. The van der Waals surface area contributed by atoms with Gasteiger partial charge in [-0.2, -0.15) is 10.6 Å². The molecule has 6 nitrogen and oxygen atoms in total. The van der Waals surface area contributed by atoms with Crippen LogP contribution in [-0.2, 0) is 19.1 Å². The van der Waals surface area contributed by atoms with Crippen molar-refractivity contribution in [1.82, 2.24) is 0 Å². The van der Waals surface area contributed by atoms with E-state index < -0.39 is 34.4 Å². The molecule has 106 valence electrons. The third-order valence-corrected chi connectivity index (χ3v) is 4.70. The molecule has 0 aromatic heterocycles. The summed E-state index contributed by atoms with van der Waals surface area (Å²) in [5.74, 6) is -2.44. The van der Waals surface area contributed by atoms with Gasteiger partial charge in [0.15, 0.2) is 5.92 Å². The fourth-order valence-corrected chi connectivity index (χ4v) is 3.95. The molecule has 2 N–H and O–H groups in total. The topological polar surface area (TPSA) is 93.1 Å². The molecule has 1 unspecified atom stereocenters. The van der Waals surface area contributed by atoms with E-state index in [0.29, 0.717) is 6.42 Å². The summed E-state index contributed by atoms with van der Waals surface area (Å²) in [6.07, 6.45) is 0.421. The van der Waals surface area contributed by atoms with E-state index in [9.17, 15) is 18.7 Å². The van der Waals surface area contributed by atoms with Crippen LogP contribution in [-0.4, -0.2) is 45.8 Å². The Kier molecular flexibility index (Phi) is 5.43. The van der Waals surface area contributed by atoms with Crippen LogP contribution in [0, 0.1) is 11.8 Å². The second-order valence-electron chi connectivity index (χ2n) is 4.20. The zero-order chi connectivity index (χ0) is 13.8. The first-order valence-corrected chi connectivity index (χ1v) is 7.86. The first-order chi connectivity index (χ1) is 8.41. The lowest BCUT2D eigenvalue weighted by atomic mass is 9.92. The van der Waals surface area contributed by atoms with E-state index in [1.807, 2.05) is 0 Å². The van der Waals surface area contributed by atoms with Crippen LogP contribution < -0.4 is 0 Å². The number of carbonyl (C=O) groups is 2. The molecule has 0 aliphatic carbocycles. The third-order valence-electron chi connectivity index (χ3n) is 2.85. The number of hydrogen-bond donors (Lipinski definition) is 2. The number of ether oxygens (including phenoxy) is 2. The monoisotopic (exact) mass is 280 g/mol. The summed E-state index contributed by atoms with van der Waals surface area (Å²) in [4.78, 5) is 23.6. The molecule has 1 aliphatic rings. The molecule has 0 aromatic carbocycles. The number of carbonyl (C=O) groups excluding carboxylic acids is 2. The van der Waals surface area contributed by atoms with Gasteiger partial charge < -0.3 is 9.47 Å². The van der Waals surface area contributed by atoms with Crippen LogP contribution in [0.5, 0.6) is 0 Å². The lowest BCUT2D eigenvalue weighted by molar-refractivity contribution is -0.163. The Morgan fingerprint density at radius 1 is 1.22 bits per heavy atom. The van der Waals surface area contributed by atoms with E-state index in [2.05, 4.69) is 0 Å². The average Bonchev–Trinajstić information content (AvgIpc) is 2.59. The summed E-state index contributed by atoms with van der Waals surface area (Å²) in [6, 6.07) is 0. The van der Waals surface area contributed by atoms with Crippen molar-refractivity contribution in [1.29, 1.82) is 0 Å². The normalized spacial score (nSPS) is 23.7. The Labute approximate surface area is 108 Å². The Balaban J connectivity index is 2.78. The van der Waals surface area contributed by atoms with Crippen molar-refractivity contribution < 1.29 is 28.2 Å². The maximum atomic E-state index is 11.8. The molecule has 18 heavy (non-hydrogen) atoms. The maximum absolute atomic E-state index is 11.8. The molecule has 0 spiro atoms. The molecule has 1 saturated heterocycles. The van der Waals surface area contributed by atoms with Crippen LogP contribution in [0.4, 0.5) is 0 Å². The van der Waals surface area contributed by atoms with Gasteiger partial charge in [0, 0.05) is 17.4 Å². The summed E-state index contributed by atoms with van der Waals surface area (Å²) < 4.78 is 28.9. The van der Waals surface area contributed by atoms with Crippen molar-refractivity contribution >= 4 is 22.5 Å². The van der Waals surface area contributed by atoms with Crippen molar-refractivity contribution in [3.05, 3.63) is 0 Å². The molecule has 0 aromatic rings. The highest BCUT2D eigenvalue weighted by Crippen LogP contribution is 2.50. The lowest BCUT2D eigenvalue weighted by Gasteiger charge is -2.27. The van der Waals surface area contributed by atoms with Crippen LogP contribution in [0.1, 0.15) is 20.3 Å². The van der Waals surface area contributed by atoms with E-state index in [0.717, 1.165) is 0 Å². The van der Waals surface area contributed by atoms with Crippen LogP contribution in [0.3, 0.4) is 0 Å². The second kappa shape index (κ2) is 6.40. The number of esters is 2. The zero-order valence-corrected chi connectivity index (χ0v) is 11.4. The molecular weight excluding hydrogens is 260 g/mol. The molecular formula is C11H20O6S. The SMILES string of the molecule is CCOC(=O)C(C(=O)OCC)C1CCS(O)(O)C1. The standard InChI is InChI=1S/C11H20O6S/c1-3-16-10(12)9(11(13)17-4-2)8-5-6-18(14,15)7-8/h8-9,14-15H,3-7H2,1-2H3. The highest BCUT2D eigenvalue weighted by molar-refractivity contribution is 8.24. The predicted molar refractivity (Wildman–Crippen MR) is 67.4 cm³/mol. The molecule has 1 fully saturated rings. The largest absolute Gasteiger partial charge is 0.465 e. The van der Waals surface area contributed by atoms with E-state index in [1.54, 1.807) is 13.8 Å². The Morgan fingerprint density at radius 2 is 1.72 bits per heavy atom. The van der Waals surface area contributed by atoms with Crippen molar-refractivity contribution in [3.63, 3.8) is 0 Å². The quantitative estimate of drug-likeness (QED) is 0.585. The summed E-state index contributed by atoms with van der Waals surface area (Å²) in [5, 5.41) is 0. The Morgan fingerprint density at radius 3 is 2.06 bits per heavy atom. The minimum absolute atomic E-state index is 0.0648. The summed E-state index contributed by atoms with van der Waals surface area (Å²) in [7, 11) is -2.65. The molecule has 7 heteroatoms. The van der Waals surface area contributed by atoms with E-state index in [1.165, 1.54) is 0 Å². The Bertz CT molecular complexity index is 299. The minimum Gasteiger partial charge on any atom is -0.465 e. The fraction of sp³-hybridized carbons (Fsp3) is 0.818. The van der Waals surface area contributed by atoms with Crippen LogP contribution >= 0.6 is 10.6 Å². The Hall–Kier alpha value is -0.790. The zero-order valence-electron chi connectivity index (χ0n) is 10.6. The molecule has 1 rings (SSSR count).